The second-order valence-corrected chi connectivity index (χ2v) is 0. The van der Waals surface area contributed by atoms with E-state index in [4.69, 9.17) is 71.0 Å². The molecular formula is C6FeKN6. The molecule has 8 heteroatoms. The van der Waals surface area contributed by atoms with E-state index in [1.807, 2.05) is 0 Å². The van der Waals surface area contributed by atoms with E-state index in [1.54, 1.807) is 0 Å². The predicted octanol–water partition coefficient (Wildman–Crippen LogP) is -2.42. The van der Waals surface area contributed by atoms with E-state index in [2.05, 4.69) is 0 Å². The van der Waals surface area contributed by atoms with Crippen molar-refractivity contribution in [1.29, 1.82) is 31.6 Å². The molecule has 14 heavy (non-hydrogen) atoms. The predicted molar refractivity (Wildman–Crippen MR) is 29.8 cm³/mol. The zero-order valence-corrected chi connectivity index (χ0v) is 11.3. The molecule has 6 nitrogen and oxygen atoms in total. The summed E-state index contributed by atoms with van der Waals surface area (Å²) in [5, 5.41) is 37.5. The maximum absolute atomic E-state index is 6.25. The fraction of sp³-hybridized carbons (Fsp3) is 0. The van der Waals surface area contributed by atoms with E-state index < -0.39 is 0 Å². The normalized spacial score (nSPS) is 0.857. The van der Waals surface area contributed by atoms with Crippen LogP contribution < -0.4 is 51.4 Å². The minimum atomic E-state index is 0. The van der Waals surface area contributed by atoms with E-state index in [0.29, 0.717) is 0 Å². The van der Waals surface area contributed by atoms with E-state index in [1.165, 1.54) is 0 Å². The van der Waals surface area contributed by atoms with Gasteiger partial charge in [0.15, 0.2) is 0 Å². The SMILES string of the molecule is [C-]#N.[C-]#N.[C-]#N.[C-]#N.[C-]#N.[C-]#N.[Fe+5].[K+]. The number of nitrogens with zero attached hydrogens (tertiary/aromatic N) is 6. The molecule has 1 radical (unpaired) electrons. The van der Waals surface area contributed by atoms with E-state index in [-0.39, 0.29) is 68.5 Å². The van der Waals surface area contributed by atoms with Crippen LogP contribution in [-0.4, -0.2) is 0 Å². The molecule has 0 saturated carbocycles. The van der Waals surface area contributed by atoms with Crippen molar-refractivity contribution in [2.45, 2.75) is 0 Å². The van der Waals surface area contributed by atoms with Gasteiger partial charge >= 0.3 is 68.5 Å². The summed E-state index contributed by atoms with van der Waals surface area (Å²) in [4.78, 5) is 0. The van der Waals surface area contributed by atoms with Crippen molar-refractivity contribution in [2.24, 2.45) is 0 Å². The zero-order chi connectivity index (χ0) is 12.0. The third-order valence-electron chi connectivity index (χ3n) is 0. The Bertz CT molecular complexity index is 97.3. The first kappa shape index (κ1) is 73.8. The van der Waals surface area contributed by atoms with E-state index >= 15 is 0 Å². The minimum Gasteiger partial charge on any atom is -0.512 e. The number of hydrogen-bond donors (Lipinski definition) is 0. The molecule has 0 spiro atoms. The standard InChI is InChI=1S/6CN.Fe.K/c6*1-2;;/q6*-1;+5;+1. The first-order valence-electron chi connectivity index (χ1n) is 1.34. The largest absolute Gasteiger partial charge is 5.00 e. The summed E-state index contributed by atoms with van der Waals surface area (Å²) >= 11 is 0. The summed E-state index contributed by atoms with van der Waals surface area (Å²) in [6.07, 6.45) is 0. The monoisotopic (exact) mass is 251 g/mol. The molecule has 0 aliphatic carbocycles. The Balaban J connectivity index is -0.00000000500. The van der Waals surface area contributed by atoms with Gasteiger partial charge in [0.05, 0.1) is 0 Å². The molecular weight excluding hydrogens is 251 g/mol. The average Bonchev–Trinajstić information content (AvgIpc) is 2.33. The van der Waals surface area contributed by atoms with Crippen molar-refractivity contribution >= 4 is 0 Å². The summed E-state index contributed by atoms with van der Waals surface area (Å²) < 4.78 is 0. The van der Waals surface area contributed by atoms with Crippen LogP contribution in [0.25, 0.3) is 0 Å². The summed E-state index contributed by atoms with van der Waals surface area (Å²) in [5.74, 6) is 0. The van der Waals surface area contributed by atoms with Crippen LogP contribution >= 0.6 is 0 Å². The molecule has 0 aromatic rings. The Kier molecular flexibility index (Phi) is 9600. The van der Waals surface area contributed by atoms with Crippen LogP contribution in [0.3, 0.4) is 0 Å². The Morgan fingerprint density at radius 2 is 0.357 bits per heavy atom. The molecule has 0 aromatic carbocycles. The van der Waals surface area contributed by atoms with E-state index in [9.17, 15) is 0 Å². The minimum absolute atomic E-state index is 0. The van der Waals surface area contributed by atoms with Gasteiger partial charge in [0.1, 0.15) is 0 Å². The Hall–Kier alpha value is -0.904. The summed E-state index contributed by atoms with van der Waals surface area (Å²) in [7, 11) is 0. The quantitative estimate of drug-likeness (QED) is 0.346. The maximum Gasteiger partial charge on any atom is 5.00 e. The van der Waals surface area contributed by atoms with Gasteiger partial charge < -0.3 is 71.0 Å². The molecule has 0 bridgehead atoms. The Morgan fingerprint density at radius 1 is 0.357 bits per heavy atom. The van der Waals surface area contributed by atoms with Crippen molar-refractivity contribution in [3.8, 4) is 0 Å². The summed E-state index contributed by atoms with van der Waals surface area (Å²) in [6.45, 7) is 28.5. The molecule has 0 heterocycles. The van der Waals surface area contributed by atoms with Gasteiger partial charge in [-0.15, -0.1) is 0 Å². The molecule has 0 rings (SSSR count). The van der Waals surface area contributed by atoms with Crippen LogP contribution in [0.1, 0.15) is 0 Å². The van der Waals surface area contributed by atoms with Crippen LogP contribution in [0.15, 0.2) is 0 Å². The van der Waals surface area contributed by atoms with Gasteiger partial charge in [-0.05, 0) is 0 Å². The molecule has 63 valence electrons. The molecule has 0 fully saturated rings. The van der Waals surface area contributed by atoms with Gasteiger partial charge in [-0.3, -0.25) is 0 Å². The molecule has 0 aromatic heterocycles. The van der Waals surface area contributed by atoms with Gasteiger partial charge in [0, 0.05) is 0 Å². The zero-order valence-electron chi connectivity index (χ0n) is 7.04. The Labute approximate surface area is 137 Å². The van der Waals surface area contributed by atoms with Crippen LogP contribution in [0.5, 0.6) is 0 Å². The van der Waals surface area contributed by atoms with Gasteiger partial charge in [-0.2, -0.15) is 0 Å². The first-order chi connectivity index (χ1) is 6.00. The summed E-state index contributed by atoms with van der Waals surface area (Å²) in [5.41, 5.74) is 0. The Morgan fingerprint density at radius 3 is 0.357 bits per heavy atom. The van der Waals surface area contributed by atoms with Crippen molar-refractivity contribution in [2.75, 3.05) is 0 Å². The van der Waals surface area contributed by atoms with Gasteiger partial charge in [0.25, 0.3) is 0 Å². The summed E-state index contributed by atoms with van der Waals surface area (Å²) in [6, 6.07) is 0. The molecule has 0 amide bonds. The fourth-order valence-corrected chi connectivity index (χ4v) is 0. The van der Waals surface area contributed by atoms with Crippen molar-refractivity contribution in [3.05, 3.63) is 39.4 Å². The van der Waals surface area contributed by atoms with Crippen LogP contribution in [0.4, 0.5) is 0 Å². The molecule has 0 atom stereocenters. The van der Waals surface area contributed by atoms with E-state index in [0.717, 1.165) is 0 Å². The maximum atomic E-state index is 6.25. The molecule has 0 N–H and O–H groups in total. The third-order valence-corrected chi connectivity index (χ3v) is 0. The topological polar surface area (TPSA) is 143 Å². The van der Waals surface area contributed by atoms with Crippen molar-refractivity contribution in [1.82, 2.24) is 0 Å². The first-order valence-corrected chi connectivity index (χ1v) is 1.34. The molecule has 0 unspecified atom stereocenters. The van der Waals surface area contributed by atoms with Gasteiger partial charge in [-0.1, -0.05) is 0 Å². The van der Waals surface area contributed by atoms with Crippen molar-refractivity contribution < 1.29 is 68.5 Å². The molecule has 0 aliphatic heterocycles. The third kappa shape index (κ3) is 1380. The van der Waals surface area contributed by atoms with Gasteiger partial charge in [0.2, 0.25) is 0 Å². The smallest absolute Gasteiger partial charge is 0.512 e. The average molecular weight is 251 g/mol. The van der Waals surface area contributed by atoms with Crippen LogP contribution in [0.2, 0.25) is 0 Å². The second kappa shape index (κ2) is 1820. The van der Waals surface area contributed by atoms with Gasteiger partial charge in [-0.25, -0.2) is 0 Å². The molecule has 0 saturated heterocycles. The van der Waals surface area contributed by atoms with Crippen LogP contribution in [-0.2, 0) is 17.1 Å². The molecule has 0 aliphatic rings. The second-order valence-electron chi connectivity index (χ2n) is 0. The number of hydrogen-bond acceptors (Lipinski definition) is 6. The number of rotatable bonds is 0. The fourth-order valence-electron chi connectivity index (χ4n) is 0. The van der Waals surface area contributed by atoms with Crippen LogP contribution in [0, 0.1) is 71.0 Å². The van der Waals surface area contributed by atoms with Crippen molar-refractivity contribution in [3.63, 3.8) is 0 Å².